The van der Waals surface area contributed by atoms with Gasteiger partial charge in [0.25, 0.3) is 0 Å². The van der Waals surface area contributed by atoms with Crippen molar-refractivity contribution >= 4 is 0 Å². The highest BCUT2D eigenvalue weighted by Gasteiger charge is 2.42. The van der Waals surface area contributed by atoms with E-state index in [2.05, 4.69) is 68.4 Å². The van der Waals surface area contributed by atoms with Gasteiger partial charge in [-0.05, 0) is 70.6 Å². The number of aryl methyl sites for hydroxylation is 1. The molecule has 0 saturated heterocycles. The third-order valence-electron chi connectivity index (χ3n) is 6.29. The average Bonchev–Trinajstić information content (AvgIpc) is 3.16. The lowest BCUT2D eigenvalue weighted by Gasteiger charge is -2.18. The number of nitrogens with zero attached hydrogens (tertiary/aromatic N) is 1. The average molecular weight is 396 g/mol. The molecule has 0 amide bonds. The molecule has 0 aliphatic heterocycles. The van der Waals surface area contributed by atoms with E-state index in [-0.39, 0.29) is 12.0 Å². The quantitative estimate of drug-likeness (QED) is 0.484. The molecular formula is C26H37NO2. The molecule has 0 heterocycles. The van der Waals surface area contributed by atoms with Crippen molar-refractivity contribution in [2.75, 3.05) is 20.6 Å². The lowest BCUT2D eigenvalue weighted by molar-refractivity contribution is 0.140. The Morgan fingerprint density at radius 3 is 2.86 bits per heavy atom. The number of benzene rings is 1. The molecule has 2 aliphatic rings. The number of fused-ring (bicyclic) bond motifs is 1. The minimum absolute atomic E-state index is 0.142. The molecule has 1 fully saturated rings. The van der Waals surface area contributed by atoms with Crippen molar-refractivity contribution in [3.63, 3.8) is 0 Å². The molecule has 3 heteroatoms. The number of rotatable bonds is 9. The summed E-state index contributed by atoms with van der Waals surface area (Å²) >= 11 is 0. The number of aliphatic hydroxyl groups is 2. The second-order valence-electron chi connectivity index (χ2n) is 9.15. The second kappa shape index (κ2) is 10.4. The maximum Gasteiger partial charge on any atom is 0.0761 e. The standard InChI is InChI=1S/C26H37NO2/c1-19-8-7-10-20(14-19)16-23(28)11-12-24-25-17-21(15-22(25)18-26(24)29)9-5-4-6-13-27(2)3/h5,7-12,14-15,22-26,28-29H,4,6,13,16-18H2,1-3H3/b9-5-,12-11+/t22-,23+,24+,25-,26+/m0/s1. The summed E-state index contributed by atoms with van der Waals surface area (Å²) in [5.74, 6) is 1.08. The highest BCUT2D eigenvalue weighted by molar-refractivity contribution is 5.29. The van der Waals surface area contributed by atoms with Crippen LogP contribution in [0.5, 0.6) is 0 Å². The summed E-state index contributed by atoms with van der Waals surface area (Å²) in [7, 11) is 4.22. The summed E-state index contributed by atoms with van der Waals surface area (Å²) in [5, 5.41) is 21.0. The maximum absolute atomic E-state index is 10.5. The summed E-state index contributed by atoms with van der Waals surface area (Å²) in [6.07, 6.45) is 14.9. The van der Waals surface area contributed by atoms with Crippen LogP contribution in [0.3, 0.4) is 0 Å². The van der Waals surface area contributed by atoms with E-state index in [1.807, 2.05) is 12.1 Å². The van der Waals surface area contributed by atoms with Gasteiger partial charge in [0.1, 0.15) is 0 Å². The van der Waals surface area contributed by atoms with Crippen molar-refractivity contribution in [2.45, 2.75) is 51.2 Å². The molecule has 0 unspecified atom stereocenters. The first-order valence-electron chi connectivity index (χ1n) is 11.0. The molecule has 3 rings (SSSR count). The van der Waals surface area contributed by atoms with Crippen LogP contribution in [-0.2, 0) is 6.42 Å². The number of aliphatic hydroxyl groups excluding tert-OH is 2. The van der Waals surface area contributed by atoms with Crippen LogP contribution in [0.25, 0.3) is 0 Å². The van der Waals surface area contributed by atoms with Crippen LogP contribution >= 0.6 is 0 Å². The zero-order chi connectivity index (χ0) is 20.8. The molecule has 3 nitrogen and oxygen atoms in total. The zero-order valence-corrected chi connectivity index (χ0v) is 18.2. The van der Waals surface area contributed by atoms with Crippen molar-refractivity contribution in [1.29, 1.82) is 0 Å². The van der Waals surface area contributed by atoms with E-state index in [4.69, 9.17) is 0 Å². The highest BCUT2D eigenvalue weighted by Crippen LogP contribution is 2.47. The monoisotopic (exact) mass is 395 g/mol. The summed E-state index contributed by atoms with van der Waals surface area (Å²) in [6, 6.07) is 8.28. The van der Waals surface area contributed by atoms with E-state index in [1.54, 1.807) is 0 Å². The molecule has 0 aromatic heterocycles. The van der Waals surface area contributed by atoms with Crippen molar-refractivity contribution < 1.29 is 10.2 Å². The Hall–Kier alpha value is -1.68. The summed E-state index contributed by atoms with van der Waals surface area (Å²) < 4.78 is 0. The fourth-order valence-corrected chi connectivity index (χ4v) is 4.84. The Balaban J connectivity index is 1.51. The van der Waals surface area contributed by atoms with E-state index in [0.29, 0.717) is 18.3 Å². The molecule has 2 aliphatic carbocycles. The van der Waals surface area contributed by atoms with Gasteiger partial charge in [-0.3, -0.25) is 0 Å². The summed E-state index contributed by atoms with van der Waals surface area (Å²) in [4.78, 5) is 2.22. The third-order valence-corrected chi connectivity index (χ3v) is 6.29. The van der Waals surface area contributed by atoms with E-state index in [1.165, 1.54) is 17.6 Å². The first-order valence-corrected chi connectivity index (χ1v) is 11.0. The van der Waals surface area contributed by atoms with Crippen LogP contribution in [0.1, 0.15) is 36.8 Å². The molecule has 29 heavy (non-hydrogen) atoms. The Morgan fingerprint density at radius 2 is 2.10 bits per heavy atom. The molecule has 0 spiro atoms. The molecule has 0 bridgehead atoms. The van der Waals surface area contributed by atoms with Gasteiger partial charge in [0.15, 0.2) is 0 Å². The molecule has 0 radical (unpaired) electrons. The predicted molar refractivity (Wildman–Crippen MR) is 121 cm³/mol. The van der Waals surface area contributed by atoms with Crippen molar-refractivity contribution in [3.05, 3.63) is 71.3 Å². The maximum atomic E-state index is 10.5. The van der Waals surface area contributed by atoms with Gasteiger partial charge in [-0.15, -0.1) is 0 Å². The molecule has 1 saturated carbocycles. The van der Waals surface area contributed by atoms with Crippen LogP contribution in [0.4, 0.5) is 0 Å². The van der Waals surface area contributed by atoms with Gasteiger partial charge in [0.2, 0.25) is 0 Å². The van der Waals surface area contributed by atoms with Crippen LogP contribution in [0, 0.1) is 24.7 Å². The van der Waals surface area contributed by atoms with Crippen molar-refractivity contribution in [1.82, 2.24) is 4.90 Å². The lowest BCUT2D eigenvalue weighted by atomic mass is 9.89. The third kappa shape index (κ3) is 6.40. The summed E-state index contributed by atoms with van der Waals surface area (Å²) in [6.45, 7) is 3.20. The Bertz CT molecular complexity index is 749. The minimum Gasteiger partial charge on any atom is -0.392 e. The largest absolute Gasteiger partial charge is 0.392 e. The van der Waals surface area contributed by atoms with Crippen LogP contribution in [0.15, 0.2) is 60.2 Å². The molecular weight excluding hydrogens is 358 g/mol. The minimum atomic E-state index is -0.506. The van der Waals surface area contributed by atoms with Crippen LogP contribution < -0.4 is 0 Å². The fourth-order valence-electron chi connectivity index (χ4n) is 4.84. The van der Waals surface area contributed by atoms with Gasteiger partial charge in [-0.25, -0.2) is 0 Å². The van der Waals surface area contributed by atoms with E-state index < -0.39 is 6.10 Å². The van der Waals surface area contributed by atoms with Gasteiger partial charge >= 0.3 is 0 Å². The molecule has 2 N–H and O–H groups in total. The first-order chi connectivity index (χ1) is 13.9. The fraction of sp³-hybridized carbons (Fsp3) is 0.538. The molecule has 1 aromatic rings. The smallest absolute Gasteiger partial charge is 0.0761 e. The van der Waals surface area contributed by atoms with Gasteiger partial charge in [0.05, 0.1) is 12.2 Å². The van der Waals surface area contributed by atoms with Crippen LogP contribution in [-0.4, -0.2) is 48.0 Å². The predicted octanol–water partition coefficient (Wildman–Crippen LogP) is 4.30. The second-order valence-corrected chi connectivity index (χ2v) is 9.15. The lowest BCUT2D eigenvalue weighted by Crippen LogP contribution is -2.18. The topological polar surface area (TPSA) is 43.7 Å². The highest BCUT2D eigenvalue weighted by atomic mass is 16.3. The van der Waals surface area contributed by atoms with Crippen LogP contribution in [0.2, 0.25) is 0 Å². The Morgan fingerprint density at radius 1 is 1.28 bits per heavy atom. The number of allylic oxidation sites excluding steroid dienone is 4. The Kier molecular flexibility index (Phi) is 7.88. The number of hydrogen-bond acceptors (Lipinski definition) is 3. The van der Waals surface area contributed by atoms with Gasteiger partial charge in [-0.2, -0.15) is 0 Å². The Labute approximate surface area is 176 Å². The van der Waals surface area contributed by atoms with Gasteiger partial charge < -0.3 is 15.1 Å². The van der Waals surface area contributed by atoms with E-state index >= 15 is 0 Å². The van der Waals surface area contributed by atoms with E-state index in [9.17, 15) is 10.2 Å². The van der Waals surface area contributed by atoms with Gasteiger partial charge in [-0.1, -0.05) is 65.8 Å². The van der Waals surface area contributed by atoms with Crippen molar-refractivity contribution in [3.8, 4) is 0 Å². The zero-order valence-electron chi connectivity index (χ0n) is 18.2. The number of hydrogen-bond donors (Lipinski definition) is 2. The summed E-state index contributed by atoms with van der Waals surface area (Å²) in [5.41, 5.74) is 3.78. The normalized spacial score (nSPS) is 27.9. The SMILES string of the molecule is Cc1cccc(C[C@H](O)/C=C/[C@@H]2[C@H]3CC(/C=C\CCCN(C)C)=C[C@H]3C[C@H]2O)c1. The molecule has 158 valence electrons. The van der Waals surface area contributed by atoms with Gasteiger partial charge in [0, 0.05) is 12.3 Å². The number of unbranched alkanes of at least 4 members (excludes halogenated alkanes) is 1. The molecule has 5 atom stereocenters. The molecule has 1 aromatic carbocycles. The van der Waals surface area contributed by atoms with E-state index in [0.717, 1.165) is 31.4 Å². The first kappa shape index (κ1) is 22.0. The van der Waals surface area contributed by atoms with Crippen molar-refractivity contribution in [2.24, 2.45) is 17.8 Å².